The van der Waals surface area contributed by atoms with Gasteiger partial charge in [-0.3, -0.25) is 14.4 Å². The number of nitrogens with zero attached hydrogens (tertiary/aromatic N) is 1. The number of hydrogen-bond donors (Lipinski definition) is 3. The van der Waals surface area contributed by atoms with Crippen molar-refractivity contribution in [1.29, 1.82) is 0 Å². The summed E-state index contributed by atoms with van der Waals surface area (Å²) in [5.41, 5.74) is 8.01. The number of carbonyl (C=O) groups excluding carboxylic acids is 4. The van der Waals surface area contributed by atoms with Gasteiger partial charge in [0, 0.05) is 38.2 Å². The zero-order valence-electron chi connectivity index (χ0n) is 26.3. The topological polar surface area (TPSA) is 157 Å². The molecular weight excluding hydrogens is 550 g/mol. The van der Waals surface area contributed by atoms with Crippen molar-refractivity contribution < 1.29 is 33.8 Å². The highest BCUT2D eigenvalue weighted by molar-refractivity contribution is 6.00. The lowest BCUT2D eigenvalue weighted by molar-refractivity contribution is -0.172. The minimum Gasteiger partial charge on any atom is -0.462 e. The summed E-state index contributed by atoms with van der Waals surface area (Å²) < 4.78 is 11.8. The molecule has 0 bridgehead atoms. The zero-order valence-corrected chi connectivity index (χ0v) is 26.3. The Morgan fingerprint density at radius 2 is 1.86 bits per heavy atom. The van der Waals surface area contributed by atoms with Gasteiger partial charge in [-0.2, -0.15) is 5.10 Å². The normalized spacial score (nSPS) is 42.8. The van der Waals surface area contributed by atoms with E-state index in [1.165, 1.54) is 13.8 Å². The Kier molecular flexibility index (Phi) is 7.72. The number of hydrazone groups is 1. The molecule has 0 saturated heterocycles. The van der Waals surface area contributed by atoms with Crippen LogP contribution in [0.2, 0.25) is 0 Å². The molecule has 0 radical (unpaired) electrons. The van der Waals surface area contributed by atoms with Crippen LogP contribution in [0.5, 0.6) is 0 Å². The summed E-state index contributed by atoms with van der Waals surface area (Å²) in [5, 5.41) is 14.0. The van der Waals surface area contributed by atoms with E-state index < -0.39 is 53.2 Å². The van der Waals surface area contributed by atoms with Gasteiger partial charge < -0.3 is 20.3 Å². The lowest BCUT2D eigenvalue weighted by Gasteiger charge is -2.60. The van der Waals surface area contributed by atoms with Gasteiger partial charge in [0.25, 0.3) is 0 Å². The van der Waals surface area contributed by atoms with Gasteiger partial charge in [-0.05, 0) is 83.7 Å². The summed E-state index contributed by atoms with van der Waals surface area (Å²) in [4.78, 5) is 50.1. The van der Waals surface area contributed by atoms with E-state index >= 15 is 0 Å². The molecule has 1 unspecified atom stereocenters. The van der Waals surface area contributed by atoms with Crippen LogP contribution in [-0.2, 0) is 23.9 Å². The molecule has 0 aliphatic heterocycles. The SMILES string of the molecule is C=C(C(=O)[C@H](OC(C)=O)C1[C@@H](OC(C)=O)C[C@@]2(C)[C@@H]3CC[C@H]4[C@H](C)/C(=N/NC(N)=O)C=C[C@@]45C[C@@]35CC[C@]12C)[C@@H](C)CO. The molecule has 10 nitrogen and oxygen atoms in total. The number of allylic oxidation sites excluding steroid dienone is 2. The number of aliphatic hydroxyl groups excluding tert-OH is 1. The van der Waals surface area contributed by atoms with E-state index in [9.17, 15) is 24.3 Å². The largest absolute Gasteiger partial charge is 0.462 e. The second kappa shape index (κ2) is 10.6. The molecule has 4 fully saturated rings. The number of amides is 2. The number of urea groups is 1. The lowest BCUT2D eigenvalue weighted by Crippen LogP contribution is -2.57. The minimum absolute atomic E-state index is 0.0242. The predicted octanol–water partition coefficient (Wildman–Crippen LogP) is 4.06. The third-order valence-electron chi connectivity index (χ3n) is 12.7. The first-order chi connectivity index (χ1) is 20.1. The number of nitrogens with one attached hydrogen (secondary N) is 1. The second-order valence-corrected chi connectivity index (χ2v) is 14.5. The van der Waals surface area contributed by atoms with Gasteiger partial charge in [0.15, 0.2) is 11.9 Å². The molecule has 236 valence electrons. The van der Waals surface area contributed by atoms with Gasteiger partial charge in [0.1, 0.15) is 6.10 Å². The fraction of sp³-hybridized carbons (Fsp3) is 0.727. The van der Waals surface area contributed by atoms with E-state index in [0.717, 1.165) is 37.8 Å². The molecule has 5 rings (SSSR count). The van der Waals surface area contributed by atoms with E-state index in [1.54, 1.807) is 6.92 Å². The Morgan fingerprint density at radius 1 is 1.16 bits per heavy atom. The standard InChI is InChI=1S/C33H47N3O7/c1-17(15-37)18(2)27(40)28(43-21(5)39)26-24(42-20(4)38)14-31(7)25-9-8-22-19(3)23(35-36-29(34)41)10-11-32(22)16-33(25,32)13-12-30(26,31)6/h10-11,17,19,22,24-26,28,37H,2,8-9,12-16H2,1,3-7H3,(H3,34,36,41)/b35-23+/t17-,19-,22-,24-,25-,26?,28+,30+,31-,32+,33-/m0/s1. The van der Waals surface area contributed by atoms with Crippen LogP contribution in [-0.4, -0.2) is 53.4 Å². The van der Waals surface area contributed by atoms with E-state index in [0.29, 0.717) is 18.3 Å². The van der Waals surface area contributed by atoms with Gasteiger partial charge in [0.2, 0.25) is 0 Å². The number of aliphatic hydroxyl groups is 1. The number of hydrogen-bond acceptors (Lipinski definition) is 8. The third kappa shape index (κ3) is 4.49. The maximum absolute atomic E-state index is 13.9. The van der Waals surface area contributed by atoms with Crippen molar-refractivity contribution in [3.8, 4) is 0 Å². The van der Waals surface area contributed by atoms with Crippen LogP contribution in [0.15, 0.2) is 29.4 Å². The molecule has 10 heteroatoms. The van der Waals surface area contributed by atoms with Gasteiger partial charge in [-0.15, -0.1) is 0 Å². The van der Waals surface area contributed by atoms with Crippen molar-refractivity contribution in [3.63, 3.8) is 0 Å². The van der Waals surface area contributed by atoms with Crippen LogP contribution in [0.3, 0.4) is 0 Å². The van der Waals surface area contributed by atoms with E-state index in [1.807, 2.05) is 6.08 Å². The number of esters is 2. The molecule has 2 spiro atoms. The van der Waals surface area contributed by atoms with Crippen molar-refractivity contribution in [2.45, 2.75) is 92.3 Å². The number of carbonyl (C=O) groups is 4. The van der Waals surface area contributed by atoms with Crippen molar-refractivity contribution in [3.05, 3.63) is 24.3 Å². The van der Waals surface area contributed by atoms with E-state index in [-0.39, 0.29) is 34.3 Å². The van der Waals surface area contributed by atoms with Crippen molar-refractivity contribution >= 4 is 29.5 Å². The summed E-state index contributed by atoms with van der Waals surface area (Å²) in [6.07, 6.45) is 7.93. The van der Waals surface area contributed by atoms with Gasteiger partial charge in [-0.1, -0.05) is 40.3 Å². The number of ketones is 1. The van der Waals surface area contributed by atoms with Gasteiger partial charge >= 0.3 is 18.0 Å². The van der Waals surface area contributed by atoms with Crippen LogP contribution in [0.25, 0.3) is 0 Å². The third-order valence-corrected chi connectivity index (χ3v) is 12.7. The Morgan fingerprint density at radius 3 is 2.47 bits per heavy atom. The van der Waals surface area contributed by atoms with Crippen molar-refractivity contribution in [2.75, 3.05) is 6.61 Å². The molecule has 4 saturated carbocycles. The highest BCUT2D eigenvalue weighted by Gasteiger charge is 2.82. The van der Waals surface area contributed by atoms with Crippen molar-refractivity contribution in [1.82, 2.24) is 5.43 Å². The zero-order chi connectivity index (χ0) is 31.7. The molecular formula is C33H47N3O7. The van der Waals surface area contributed by atoms with Crippen LogP contribution in [0, 0.1) is 51.2 Å². The first kappa shape index (κ1) is 31.4. The molecule has 0 aromatic heterocycles. The number of nitrogens with two attached hydrogens (primary N) is 1. The molecule has 0 heterocycles. The monoisotopic (exact) mass is 597 g/mol. The number of rotatable bonds is 8. The van der Waals surface area contributed by atoms with Crippen LogP contribution < -0.4 is 11.2 Å². The van der Waals surface area contributed by atoms with Gasteiger partial charge in [-0.25, -0.2) is 10.2 Å². The molecule has 11 atom stereocenters. The Hall–Kier alpha value is -3.01. The fourth-order valence-corrected chi connectivity index (χ4v) is 10.5. The highest BCUT2D eigenvalue weighted by atomic mass is 16.6. The van der Waals surface area contributed by atoms with E-state index in [2.05, 4.69) is 44.0 Å². The Balaban J connectivity index is 1.54. The molecule has 5 aliphatic carbocycles. The summed E-state index contributed by atoms with van der Waals surface area (Å²) >= 11 is 0. The maximum atomic E-state index is 13.9. The maximum Gasteiger partial charge on any atom is 0.332 e. The summed E-state index contributed by atoms with van der Waals surface area (Å²) in [6, 6.07) is -0.683. The molecule has 2 amide bonds. The Bertz CT molecular complexity index is 1310. The van der Waals surface area contributed by atoms with Crippen LogP contribution in [0.1, 0.15) is 80.1 Å². The first-order valence-corrected chi connectivity index (χ1v) is 15.6. The first-order valence-electron chi connectivity index (χ1n) is 15.6. The summed E-state index contributed by atoms with van der Waals surface area (Å²) in [7, 11) is 0. The second-order valence-electron chi connectivity index (χ2n) is 14.5. The lowest BCUT2D eigenvalue weighted by atomic mass is 9.43. The number of ether oxygens (including phenoxy) is 2. The molecule has 5 aliphatic rings. The number of Topliss-reactive ketones (excluding diaryl/α,β-unsaturated/α-hetero) is 1. The summed E-state index contributed by atoms with van der Waals surface area (Å²) in [6.45, 7) is 14.7. The molecule has 4 N–H and O–H groups in total. The average molecular weight is 598 g/mol. The smallest absolute Gasteiger partial charge is 0.332 e. The quantitative estimate of drug-likeness (QED) is 0.216. The Labute approximate surface area is 253 Å². The van der Waals surface area contributed by atoms with E-state index in [4.69, 9.17) is 15.2 Å². The fourth-order valence-electron chi connectivity index (χ4n) is 10.5. The summed E-state index contributed by atoms with van der Waals surface area (Å²) in [5.74, 6) is -1.63. The molecule has 43 heavy (non-hydrogen) atoms. The minimum atomic E-state index is -1.17. The molecule has 0 aromatic carbocycles. The number of primary amides is 1. The van der Waals surface area contributed by atoms with Gasteiger partial charge in [0.05, 0.1) is 5.71 Å². The van der Waals surface area contributed by atoms with Crippen LogP contribution >= 0.6 is 0 Å². The van der Waals surface area contributed by atoms with Crippen molar-refractivity contribution in [2.24, 2.45) is 62.1 Å². The average Bonchev–Trinajstić information content (AvgIpc) is 3.54. The number of fused-ring (bicyclic) bond motifs is 2. The molecule has 0 aromatic rings. The predicted molar refractivity (Wildman–Crippen MR) is 159 cm³/mol. The highest BCUT2D eigenvalue weighted by Crippen LogP contribution is 2.87. The van der Waals surface area contributed by atoms with Crippen LogP contribution in [0.4, 0.5) is 4.79 Å².